The van der Waals surface area contributed by atoms with Gasteiger partial charge in [-0.1, -0.05) is 17.7 Å². The van der Waals surface area contributed by atoms with Gasteiger partial charge in [-0.05, 0) is 36.4 Å². The van der Waals surface area contributed by atoms with E-state index in [-0.39, 0.29) is 0 Å². The molecular formula is C17H16ClNO2. The number of hydrogen-bond acceptors (Lipinski definition) is 2. The van der Waals surface area contributed by atoms with Crippen LogP contribution in [0, 0.1) is 0 Å². The van der Waals surface area contributed by atoms with Crippen LogP contribution in [0.2, 0.25) is 5.02 Å². The monoisotopic (exact) mass is 301 g/mol. The minimum atomic E-state index is 0.480. The van der Waals surface area contributed by atoms with Gasteiger partial charge < -0.3 is 14.0 Å². The van der Waals surface area contributed by atoms with Crippen molar-refractivity contribution in [3.63, 3.8) is 0 Å². The van der Waals surface area contributed by atoms with Gasteiger partial charge >= 0.3 is 0 Å². The highest BCUT2D eigenvalue weighted by molar-refractivity contribution is 6.35. The number of halogens is 1. The summed E-state index contributed by atoms with van der Waals surface area (Å²) in [5.41, 5.74) is 2.18. The fraction of sp³-hybridized carbons (Fsp3) is 0.176. The molecule has 2 aromatic carbocycles. The number of rotatable bonds is 4. The molecule has 0 aliphatic carbocycles. The Hall–Kier alpha value is -2.13. The van der Waals surface area contributed by atoms with Gasteiger partial charge in [0.05, 0.1) is 12.1 Å². The van der Waals surface area contributed by atoms with Gasteiger partial charge in [0.2, 0.25) is 0 Å². The topological polar surface area (TPSA) is 23.4 Å². The van der Waals surface area contributed by atoms with Crippen molar-refractivity contribution in [1.29, 1.82) is 0 Å². The third-order valence-corrected chi connectivity index (χ3v) is 3.81. The normalized spacial score (nSPS) is 10.8. The van der Waals surface area contributed by atoms with E-state index in [0.717, 1.165) is 33.0 Å². The van der Waals surface area contributed by atoms with Crippen LogP contribution >= 0.6 is 11.6 Å². The molecule has 108 valence electrons. The van der Waals surface area contributed by atoms with Gasteiger partial charge in [-0.15, -0.1) is 0 Å². The van der Waals surface area contributed by atoms with E-state index in [2.05, 4.69) is 16.8 Å². The van der Waals surface area contributed by atoms with E-state index < -0.39 is 0 Å². The molecule has 4 heteroatoms. The highest BCUT2D eigenvalue weighted by Gasteiger charge is 2.10. The first-order chi connectivity index (χ1) is 10.2. The zero-order valence-electron chi connectivity index (χ0n) is 12.0. The summed E-state index contributed by atoms with van der Waals surface area (Å²) in [6.07, 6.45) is 2.06. The largest absolute Gasteiger partial charge is 0.497 e. The molecule has 0 saturated carbocycles. The van der Waals surface area contributed by atoms with Crippen LogP contribution in [0.25, 0.3) is 10.9 Å². The van der Waals surface area contributed by atoms with Gasteiger partial charge in [-0.3, -0.25) is 0 Å². The Labute approximate surface area is 128 Å². The Morgan fingerprint density at radius 3 is 2.48 bits per heavy atom. The van der Waals surface area contributed by atoms with Crippen molar-refractivity contribution >= 4 is 22.5 Å². The lowest BCUT2D eigenvalue weighted by Gasteiger charge is -2.07. The summed E-state index contributed by atoms with van der Waals surface area (Å²) in [7, 11) is 3.66. The van der Waals surface area contributed by atoms with Gasteiger partial charge in [0.15, 0.2) is 0 Å². The molecule has 0 atom stereocenters. The van der Waals surface area contributed by atoms with Crippen molar-refractivity contribution in [3.8, 4) is 11.5 Å². The smallest absolute Gasteiger partial charge is 0.120 e. The Bertz CT molecular complexity index is 762. The van der Waals surface area contributed by atoms with E-state index in [1.54, 1.807) is 7.11 Å². The minimum absolute atomic E-state index is 0.480. The Morgan fingerprint density at radius 2 is 1.76 bits per heavy atom. The van der Waals surface area contributed by atoms with E-state index in [4.69, 9.17) is 21.1 Å². The highest BCUT2D eigenvalue weighted by atomic mass is 35.5. The summed E-state index contributed by atoms with van der Waals surface area (Å²) < 4.78 is 13.0. The average Bonchev–Trinajstić information content (AvgIpc) is 2.84. The zero-order chi connectivity index (χ0) is 14.8. The van der Waals surface area contributed by atoms with E-state index in [1.807, 2.05) is 43.4 Å². The van der Waals surface area contributed by atoms with Gasteiger partial charge in [-0.25, -0.2) is 0 Å². The summed E-state index contributed by atoms with van der Waals surface area (Å²) in [6, 6.07) is 13.5. The number of fused-ring (bicyclic) bond motifs is 1. The molecule has 3 aromatic rings. The maximum atomic E-state index is 6.31. The molecule has 0 N–H and O–H groups in total. The Balaban J connectivity index is 1.84. The third kappa shape index (κ3) is 2.69. The van der Waals surface area contributed by atoms with Crippen LogP contribution in [0.3, 0.4) is 0 Å². The number of aryl methyl sites for hydroxylation is 1. The fourth-order valence-corrected chi connectivity index (χ4v) is 2.73. The molecule has 0 unspecified atom stereocenters. The summed E-state index contributed by atoms with van der Waals surface area (Å²) in [6.45, 7) is 0.480. The number of aromatic nitrogens is 1. The van der Waals surface area contributed by atoms with Crippen molar-refractivity contribution in [2.45, 2.75) is 6.61 Å². The number of hydrogen-bond donors (Lipinski definition) is 0. The standard InChI is InChI=1S/C17H16ClNO2/c1-19-10-12(17-15(18)4-3-5-16(17)19)11-21-14-8-6-13(20-2)7-9-14/h3-10H,11H2,1-2H3. The molecule has 1 aromatic heterocycles. The van der Waals surface area contributed by atoms with Gasteiger partial charge in [-0.2, -0.15) is 0 Å². The Kier molecular flexibility index (Phi) is 3.76. The second kappa shape index (κ2) is 5.70. The molecule has 0 bridgehead atoms. The van der Waals surface area contributed by atoms with Crippen LogP contribution < -0.4 is 9.47 Å². The molecule has 21 heavy (non-hydrogen) atoms. The quantitative estimate of drug-likeness (QED) is 0.712. The maximum Gasteiger partial charge on any atom is 0.120 e. The number of nitrogens with zero attached hydrogens (tertiary/aromatic N) is 1. The second-order valence-electron chi connectivity index (χ2n) is 4.86. The molecule has 0 saturated heterocycles. The van der Waals surface area contributed by atoms with Crippen LogP contribution in [0.15, 0.2) is 48.7 Å². The summed E-state index contributed by atoms with van der Waals surface area (Å²) in [5, 5.41) is 1.80. The molecule has 3 nitrogen and oxygen atoms in total. The molecule has 0 amide bonds. The molecule has 1 heterocycles. The maximum absolute atomic E-state index is 6.31. The lowest BCUT2D eigenvalue weighted by Crippen LogP contribution is -1.95. The predicted molar refractivity (Wildman–Crippen MR) is 85.3 cm³/mol. The molecule has 0 aliphatic rings. The van der Waals surface area contributed by atoms with Gasteiger partial charge in [0.1, 0.15) is 18.1 Å². The van der Waals surface area contributed by atoms with Crippen LogP contribution in [0.4, 0.5) is 0 Å². The van der Waals surface area contributed by atoms with E-state index >= 15 is 0 Å². The zero-order valence-corrected chi connectivity index (χ0v) is 12.7. The lowest BCUT2D eigenvalue weighted by atomic mass is 10.2. The van der Waals surface area contributed by atoms with E-state index in [1.165, 1.54) is 0 Å². The second-order valence-corrected chi connectivity index (χ2v) is 5.27. The van der Waals surface area contributed by atoms with Crippen LogP contribution in [0.5, 0.6) is 11.5 Å². The number of ether oxygens (including phenoxy) is 2. The van der Waals surface area contributed by atoms with E-state index in [0.29, 0.717) is 6.61 Å². The summed E-state index contributed by atoms with van der Waals surface area (Å²) >= 11 is 6.31. The predicted octanol–water partition coefficient (Wildman–Crippen LogP) is 4.42. The van der Waals surface area contributed by atoms with Gasteiger partial charge in [0.25, 0.3) is 0 Å². The van der Waals surface area contributed by atoms with Crippen LogP contribution in [-0.4, -0.2) is 11.7 Å². The van der Waals surface area contributed by atoms with Crippen molar-refractivity contribution in [2.24, 2.45) is 7.05 Å². The first kappa shape index (κ1) is 13.8. The highest BCUT2D eigenvalue weighted by Crippen LogP contribution is 2.29. The van der Waals surface area contributed by atoms with Crippen LogP contribution in [-0.2, 0) is 13.7 Å². The minimum Gasteiger partial charge on any atom is -0.497 e. The molecule has 0 aliphatic heterocycles. The van der Waals surface area contributed by atoms with Crippen LogP contribution in [0.1, 0.15) is 5.56 Å². The van der Waals surface area contributed by atoms with Crippen molar-refractivity contribution in [1.82, 2.24) is 4.57 Å². The summed E-state index contributed by atoms with van der Waals surface area (Å²) in [5.74, 6) is 1.62. The molecule has 0 radical (unpaired) electrons. The fourth-order valence-electron chi connectivity index (χ4n) is 2.43. The third-order valence-electron chi connectivity index (χ3n) is 3.50. The first-order valence-corrected chi connectivity index (χ1v) is 7.06. The lowest BCUT2D eigenvalue weighted by molar-refractivity contribution is 0.306. The molecular weight excluding hydrogens is 286 g/mol. The van der Waals surface area contributed by atoms with Crippen molar-refractivity contribution < 1.29 is 9.47 Å². The SMILES string of the molecule is COc1ccc(OCc2cn(C)c3cccc(Cl)c23)cc1. The van der Waals surface area contributed by atoms with Crippen molar-refractivity contribution in [3.05, 3.63) is 59.2 Å². The van der Waals surface area contributed by atoms with Gasteiger partial charge in [0, 0.05) is 29.7 Å². The number of benzene rings is 2. The van der Waals surface area contributed by atoms with E-state index in [9.17, 15) is 0 Å². The number of methoxy groups -OCH3 is 1. The Morgan fingerprint density at radius 1 is 1.05 bits per heavy atom. The first-order valence-electron chi connectivity index (χ1n) is 6.68. The molecule has 0 spiro atoms. The summed E-state index contributed by atoms with van der Waals surface area (Å²) in [4.78, 5) is 0. The molecule has 3 rings (SSSR count). The average molecular weight is 302 g/mol. The van der Waals surface area contributed by atoms with Crippen molar-refractivity contribution in [2.75, 3.05) is 7.11 Å². The molecule has 0 fully saturated rings.